The number of anilines is 1. The number of ether oxygens (including phenoxy) is 1. The normalized spacial score (nSPS) is 16.0. The van der Waals surface area contributed by atoms with E-state index in [2.05, 4.69) is 0 Å². The Morgan fingerprint density at radius 2 is 2.14 bits per heavy atom. The van der Waals surface area contributed by atoms with E-state index >= 15 is 0 Å². The van der Waals surface area contributed by atoms with Crippen LogP contribution in [-0.2, 0) is 10.0 Å². The lowest BCUT2D eigenvalue weighted by Gasteiger charge is -2.36. The molecule has 6 nitrogen and oxygen atoms in total. The zero-order valence-electron chi connectivity index (χ0n) is 12.2. The molecular formula is C14H22N2O4S. The van der Waals surface area contributed by atoms with Crippen LogP contribution in [0.2, 0.25) is 0 Å². The fraction of sp³-hybridized carbons (Fsp3) is 0.571. The van der Waals surface area contributed by atoms with Gasteiger partial charge >= 0.3 is 0 Å². The molecule has 1 saturated carbocycles. The third-order valence-electron chi connectivity index (χ3n) is 3.79. The summed E-state index contributed by atoms with van der Waals surface area (Å²) in [4.78, 5) is 0.0924. The minimum Gasteiger partial charge on any atom is -0.495 e. The zero-order valence-corrected chi connectivity index (χ0v) is 13.0. The van der Waals surface area contributed by atoms with Crippen LogP contribution in [0, 0.1) is 0 Å². The molecule has 0 aromatic heterocycles. The van der Waals surface area contributed by atoms with E-state index in [9.17, 15) is 8.42 Å². The van der Waals surface area contributed by atoms with E-state index in [0.717, 1.165) is 19.3 Å². The quantitative estimate of drug-likeness (QED) is 0.738. The summed E-state index contributed by atoms with van der Waals surface area (Å²) in [6.45, 7) is 0.272. The van der Waals surface area contributed by atoms with E-state index in [1.54, 1.807) is 12.1 Å². The van der Waals surface area contributed by atoms with E-state index in [1.165, 1.54) is 17.5 Å². The van der Waals surface area contributed by atoms with Gasteiger partial charge in [-0.05, 0) is 37.5 Å². The minimum atomic E-state index is -3.68. The van der Waals surface area contributed by atoms with Crippen molar-refractivity contribution in [3.8, 4) is 5.75 Å². The summed E-state index contributed by atoms with van der Waals surface area (Å²) in [6, 6.07) is 4.61. The van der Waals surface area contributed by atoms with Crippen LogP contribution in [0.15, 0.2) is 23.1 Å². The first kappa shape index (κ1) is 16.1. The molecule has 0 amide bonds. The van der Waals surface area contributed by atoms with Crippen molar-refractivity contribution < 1.29 is 18.3 Å². The number of hydrogen-bond acceptors (Lipinski definition) is 5. The van der Waals surface area contributed by atoms with E-state index in [-0.39, 0.29) is 23.3 Å². The molecule has 0 aliphatic heterocycles. The van der Waals surface area contributed by atoms with Gasteiger partial charge in [0.25, 0.3) is 0 Å². The SMILES string of the molecule is COc1ccc(N)cc1S(=O)(=O)N(CCCO)C1CCC1. The molecule has 0 spiro atoms. The number of nitrogens with two attached hydrogens (primary N) is 1. The molecule has 0 bridgehead atoms. The minimum absolute atomic E-state index is 0.00712. The van der Waals surface area contributed by atoms with Crippen molar-refractivity contribution in [2.75, 3.05) is 26.0 Å². The Hall–Kier alpha value is -1.31. The molecule has 0 atom stereocenters. The number of nitrogens with zero attached hydrogens (tertiary/aromatic N) is 1. The van der Waals surface area contributed by atoms with Crippen molar-refractivity contribution in [2.24, 2.45) is 0 Å². The first-order valence-corrected chi connectivity index (χ1v) is 8.51. The second-order valence-electron chi connectivity index (χ2n) is 5.19. The van der Waals surface area contributed by atoms with E-state index in [4.69, 9.17) is 15.6 Å². The van der Waals surface area contributed by atoms with Gasteiger partial charge in [0, 0.05) is 24.9 Å². The Morgan fingerprint density at radius 3 is 2.67 bits per heavy atom. The van der Waals surface area contributed by atoms with E-state index in [1.807, 2.05) is 0 Å². The lowest BCUT2D eigenvalue weighted by molar-refractivity contribution is 0.198. The van der Waals surface area contributed by atoms with Crippen LogP contribution < -0.4 is 10.5 Å². The maximum atomic E-state index is 12.9. The van der Waals surface area contributed by atoms with Crippen LogP contribution in [0.4, 0.5) is 5.69 Å². The number of nitrogen functional groups attached to an aromatic ring is 1. The average Bonchev–Trinajstić information content (AvgIpc) is 2.41. The third-order valence-corrected chi connectivity index (χ3v) is 5.77. The van der Waals surface area contributed by atoms with E-state index < -0.39 is 10.0 Å². The second kappa shape index (κ2) is 6.64. The molecule has 0 unspecified atom stereocenters. The van der Waals surface area contributed by atoms with E-state index in [0.29, 0.717) is 18.7 Å². The molecule has 1 aliphatic carbocycles. The summed E-state index contributed by atoms with van der Waals surface area (Å²) in [7, 11) is -2.24. The number of benzene rings is 1. The van der Waals surface area contributed by atoms with Crippen LogP contribution in [0.1, 0.15) is 25.7 Å². The van der Waals surface area contributed by atoms with Crippen LogP contribution in [0.5, 0.6) is 5.75 Å². The van der Waals surface area contributed by atoms with Crippen LogP contribution in [0.3, 0.4) is 0 Å². The fourth-order valence-electron chi connectivity index (χ4n) is 2.42. The van der Waals surface area contributed by atoms with Crippen molar-refractivity contribution in [1.82, 2.24) is 4.31 Å². The summed E-state index contributed by atoms with van der Waals surface area (Å²) >= 11 is 0. The monoisotopic (exact) mass is 314 g/mol. The number of sulfonamides is 1. The predicted octanol–water partition coefficient (Wildman–Crippen LogP) is 1.20. The Morgan fingerprint density at radius 1 is 1.43 bits per heavy atom. The Kier molecular flexibility index (Phi) is 5.08. The Labute approximate surface area is 125 Å². The molecule has 0 saturated heterocycles. The first-order valence-electron chi connectivity index (χ1n) is 7.07. The molecule has 3 N–H and O–H groups in total. The highest BCUT2D eigenvalue weighted by atomic mass is 32.2. The molecule has 1 aromatic rings. The second-order valence-corrected chi connectivity index (χ2v) is 7.05. The molecule has 21 heavy (non-hydrogen) atoms. The molecule has 1 aliphatic rings. The zero-order chi connectivity index (χ0) is 15.5. The van der Waals surface area contributed by atoms with Crippen molar-refractivity contribution in [3.05, 3.63) is 18.2 Å². The molecule has 2 rings (SSSR count). The molecule has 0 radical (unpaired) electrons. The average molecular weight is 314 g/mol. The summed E-state index contributed by atoms with van der Waals surface area (Å²) < 4.78 is 32.5. The van der Waals surface area contributed by atoms with Gasteiger partial charge in [0.15, 0.2) is 0 Å². The fourth-order valence-corrected chi connectivity index (χ4v) is 4.34. The molecule has 118 valence electrons. The molecule has 1 fully saturated rings. The number of aliphatic hydroxyl groups is 1. The third kappa shape index (κ3) is 3.30. The Balaban J connectivity index is 2.39. The van der Waals surface area contributed by atoms with Crippen LogP contribution in [0.25, 0.3) is 0 Å². The van der Waals surface area contributed by atoms with Gasteiger partial charge in [-0.2, -0.15) is 4.31 Å². The standard InChI is InChI=1S/C14H22N2O4S/c1-20-13-7-6-11(15)10-14(13)21(18,19)16(8-3-9-17)12-4-2-5-12/h6-7,10,12,17H,2-5,8-9,15H2,1H3. The lowest BCUT2D eigenvalue weighted by Crippen LogP contribution is -2.44. The predicted molar refractivity (Wildman–Crippen MR) is 80.6 cm³/mol. The van der Waals surface area contributed by atoms with Gasteiger partial charge in [0.1, 0.15) is 10.6 Å². The van der Waals surface area contributed by atoms with Crippen LogP contribution in [-0.4, -0.2) is 44.1 Å². The summed E-state index contributed by atoms with van der Waals surface area (Å²) in [5.74, 6) is 0.289. The molecule has 0 heterocycles. The number of hydrogen-bond donors (Lipinski definition) is 2. The van der Waals surface area contributed by atoms with Crippen LogP contribution >= 0.6 is 0 Å². The molecule has 7 heteroatoms. The number of methoxy groups -OCH3 is 1. The number of aliphatic hydroxyl groups excluding tert-OH is 1. The van der Waals surface area contributed by atoms with Crippen molar-refractivity contribution in [2.45, 2.75) is 36.6 Å². The highest BCUT2D eigenvalue weighted by Gasteiger charge is 2.36. The van der Waals surface area contributed by atoms with Crippen molar-refractivity contribution in [3.63, 3.8) is 0 Å². The highest BCUT2D eigenvalue weighted by Crippen LogP contribution is 2.34. The van der Waals surface area contributed by atoms with Gasteiger partial charge in [-0.15, -0.1) is 0 Å². The molecular weight excluding hydrogens is 292 g/mol. The van der Waals surface area contributed by atoms with Crippen molar-refractivity contribution in [1.29, 1.82) is 0 Å². The first-order chi connectivity index (χ1) is 10.0. The molecule has 1 aromatic carbocycles. The van der Waals surface area contributed by atoms with Gasteiger partial charge in [-0.3, -0.25) is 0 Å². The van der Waals surface area contributed by atoms with Gasteiger partial charge in [-0.25, -0.2) is 8.42 Å². The van der Waals surface area contributed by atoms with Gasteiger partial charge in [-0.1, -0.05) is 6.42 Å². The lowest BCUT2D eigenvalue weighted by atomic mass is 9.93. The smallest absolute Gasteiger partial charge is 0.247 e. The summed E-state index contributed by atoms with van der Waals surface area (Å²) in [5, 5.41) is 9.00. The van der Waals surface area contributed by atoms with Gasteiger partial charge in [0.05, 0.1) is 7.11 Å². The van der Waals surface area contributed by atoms with Gasteiger partial charge < -0.3 is 15.6 Å². The largest absolute Gasteiger partial charge is 0.495 e. The maximum absolute atomic E-state index is 12.9. The Bertz CT molecular complexity index is 585. The maximum Gasteiger partial charge on any atom is 0.247 e. The van der Waals surface area contributed by atoms with Crippen molar-refractivity contribution >= 4 is 15.7 Å². The number of rotatable bonds is 7. The summed E-state index contributed by atoms with van der Waals surface area (Å²) in [5.41, 5.74) is 6.10. The topological polar surface area (TPSA) is 92.9 Å². The summed E-state index contributed by atoms with van der Waals surface area (Å²) in [6.07, 6.45) is 3.16. The highest BCUT2D eigenvalue weighted by molar-refractivity contribution is 7.89. The van der Waals surface area contributed by atoms with Gasteiger partial charge in [0.2, 0.25) is 10.0 Å².